The second-order valence-corrected chi connectivity index (χ2v) is 4.27. The molecule has 1 saturated carbocycles. The number of rotatable bonds is 5. The summed E-state index contributed by atoms with van der Waals surface area (Å²) in [6, 6.07) is 4.81. The van der Waals surface area contributed by atoms with Crippen molar-refractivity contribution in [2.24, 2.45) is 0 Å². The monoisotopic (exact) mass is 265 g/mol. The van der Waals surface area contributed by atoms with Gasteiger partial charge in [0, 0.05) is 0 Å². The van der Waals surface area contributed by atoms with E-state index in [0.717, 1.165) is 31.8 Å². The van der Waals surface area contributed by atoms with Gasteiger partial charge in [-0.2, -0.15) is 4.89 Å². The van der Waals surface area contributed by atoms with E-state index in [-0.39, 0.29) is 0 Å². The number of hydrogen-bond acceptors (Lipinski definition) is 5. The van der Waals surface area contributed by atoms with Crippen LogP contribution in [0.3, 0.4) is 0 Å². The number of carbonyl (C=O) groups is 1. The van der Waals surface area contributed by atoms with Crippen LogP contribution in [0.1, 0.15) is 36.0 Å². The first-order chi connectivity index (χ1) is 9.24. The van der Waals surface area contributed by atoms with E-state index < -0.39 is 5.97 Å². The van der Waals surface area contributed by atoms with Gasteiger partial charge in [-0.05, 0) is 31.0 Å². The highest BCUT2D eigenvalue weighted by Gasteiger charge is 2.21. The molecule has 0 N–H and O–H groups in total. The molecular weight excluding hydrogens is 248 g/mol. The van der Waals surface area contributed by atoms with Crippen LogP contribution in [0.2, 0.25) is 0 Å². The predicted octanol–water partition coefficient (Wildman–Crippen LogP) is 2.90. The lowest BCUT2D eigenvalue weighted by Gasteiger charge is -2.10. The third-order valence-corrected chi connectivity index (χ3v) is 3.02. The van der Waals surface area contributed by atoms with Crippen LogP contribution >= 0.6 is 0 Å². The minimum atomic E-state index is -0.541. The maximum absolute atomic E-state index is 11.8. The fourth-order valence-electron chi connectivity index (χ4n) is 1.96. The summed E-state index contributed by atoms with van der Waals surface area (Å²) in [5.74, 6) is 0.496. The van der Waals surface area contributed by atoms with Gasteiger partial charge in [-0.1, -0.05) is 12.8 Å². The zero-order chi connectivity index (χ0) is 13.7. The molecule has 0 heterocycles. The molecule has 0 amide bonds. The lowest BCUT2D eigenvalue weighted by atomic mass is 10.2. The highest BCUT2D eigenvalue weighted by molar-refractivity contribution is 5.89. The molecule has 103 valence electrons. The van der Waals surface area contributed by atoms with Crippen LogP contribution in [0.5, 0.6) is 11.5 Å². The van der Waals surface area contributed by atoms with Gasteiger partial charge < -0.3 is 9.47 Å². The number of methoxy groups -OCH3 is 2. The van der Waals surface area contributed by atoms with Gasteiger partial charge >= 0.3 is 5.97 Å². The van der Waals surface area contributed by atoms with E-state index in [0.29, 0.717) is 17.1 Å². The summed E-state index contributed by atoms with van der Waals surface area (Å²) < 4.78 is 10.2. The molecule has 0 atom stereocenters. The van der Waals surface area contributed by atoms with E-state index in [1.54, 1.807) is 18.2 Å². The first-order valence-electron chi connectivity index (χ1n) is 6.20. The zero-order valence-corrected chi connectivity index (χ0v) is 11.1. The Balaban J connectivity index is 1.98. The summed E-state index contributed by atoms with van der Waals surface area (Å²) in [7, 11) is 3.05. The van der Waals surface area contributed by atoms with Crippen molar-refractivity contribution < 1.29 is 24.0 Å². The molecule has 0 spiro atoms. The molecule has 0 aliphatic heterocycles. The predicted molar refractivity (Wildman–Crippen MR) is 67.8 cm³/mol. The van der Waals surface area contributed by atoms with Crippen LogP contribution in [-0.2, 0) is 9.78 Å². The van der Waals surface area contributed by atoms with Crippen LogP contribution in [0, 0.1) is 6.10 Å². The average molecular weight is 265 g/mol. The maximum atomic E-state index is 11.8. The van der Waals surface area contributed by atoms with E-state index in [4.69, 9.17) is 19.2 Å². The molecule has 0 aromatic heterocycles. The molecule has 1 aliphatic carbocycles. The van der Waals surface area contributed by atoms with Crippen LogP contribution in [-0.4, -0.2) is 20.2 Å². The van der Waals surface area contributed by atoms with Crippen molar-refractivity contribution in [2.75, 3.05) is 14.2 Å². The Hall–Kier alpha value is -1.75. The molecule has 1 radical (unpaired) electrons. The smallest absolute Gasteiger partial charge is 0.373 e. The molecule has 1 aromatic rings. The van der Waals surface area contributed by atoms with Crippen LogP contribution in [0.15, 0.2) is 18.2 Å². The summed E-state index contributed by atoms with van der Waals surface area (Å²) in [6.45, 7) is 0. The maximum Gasteiger partial charge on any atom is 0.373 e. The highest BCUT2D eigenvalue weighted by Crippen LogP contribution is 2.30. The van der Waals surface area contributed by atoms with Crippen LogP contribution < -0.4 is 9.47 Å². The number of benzene rings is 1. The lowest BCUT2D eigenvalue weighted by Crippen LogP contribution is -2.09. The summed E-state index contributed by atoms with van der Waals surface area (Å²) in [4.78, 5) is 21.7. The minimum absolute atomic E-state index is 0.358. The average Bonchev–Trinajstić information content (AvgIpc) is 2.97. The van der Waals surface area contributed by atoms with Crippen molar-refractivity contribution in [3.63, 3.8) is 0 Å². The van der Waals surface area contributed by atoms with Gasteiger partial charge in [0.15, 0.2) is 11.5 Å². The quantitative estimate of drug-likeness (QED) is 0.605. The van der Waals surface area contributed by atoms with Gasteiger partial charge in [0.05, 0.1) is 19.8 Å². The summed E-state index contributed by atoms with van der Waals surface area (Å²) in [5, 5.41) is 0. The van der Waals surface area contributed by atoms with Crippen molar-refractivity contribution >= 4 is 5.97 Å². The Morgan fingerprint density at radius 1 is 1.05 bits per heavy atom. The van der Waals surface area contributed by atoms with Gasteiger partial charge in [-0.3, -0.25) is 4.89 Å². The molecule has 0 saturated heterocycles. The summed E-state index contributed by atoms with van der Waals surface area (Å²) >= 11 is 0. The van der Waals surface area contributed by atoms with Crippen molar-refractivity contribution in [3.8, 4) is 11.5 Å². The Morgan fingerprint density at radius 3 is 2.37 bits per heavy atom. The molecule has 5 heteroatoms. The number of ether oxygens (including phenoxy) is 2. The SMILES string of the molecule is COc1ccc(C(=O)OO[C]2CCCC2)cc1OC. The minimum Gasteiger partial charge on any atom is -0.493 e. The Bertz CT molecular complexity index is 437. The summed E-state index contributed by atoms with van der Waals surface area (Å²) in [5.41, 5.74) is 0.358. The number of carbonyl (C=O) groups excluding carboxylic acids is 1. The highest BCUT2D eigenvalue weighted by atomic mass is 17.2. The topological polar surface area (TPSA) is 54.0 Å². The fourth-order valence-corrected chi connectivity index (χ4v) is 1.96. The first-order valence-corrected chi connectivity index (χ1v) is 6.20. The largest absolute Gasteiger partial charge is 0.493 e. The van der Waals surface area contributed by atoms with Crippen molar-refractivity contribution in [1.82, 2.24) is 0 Å². The van der Waals surface area contributed by atoms with E-state index in [1.807, 2.05) is 0 Å². The molecule has 0 bridgehead atoms. The zero-order valence-electron chi connectivity index (χ0n) is 11.1. The standard InChI is InChI=1S/C14H17O5/c1-16-12-8-7-10(9-13(12)17-2)14(15)19-18-11-5-3-4-6-11/h7-9H,3-6H2,1-2H3. The van der Waals surface area contributed by atoms with E-state index in [2.05, 4.69) is 0 Å². The van der Waals surface area contributed by atoms with Gasteiger partial charge in [-0.15, -0.1) is 0 Å². The molecule has 1 aromatic carbocycles. The van der Waals surface area contributed by atoms with Crippen molar-refractivity contribution in [1.29, 1.82) is 0 Å². The molecule has 19 heavy (non-hydrogen) atoms. The second kappa shape index (κ2) is 6.43. The number of hydrogen-bond donors (Lipinski definition) is 0. The van der Waals surface area contributed by atoms with E-state index >= 15 is 0 Å². The van der Waals surface area contributed by atoms with E-state index in [1.165, 1.54) is 14.2 Å². The van der Waals surface area contributed by atoms with Gasteiger partial charge in [0.2, 0.25) is 0 Å². The first kappa shape index (κ1) is 13.7. The van der Waals surface area contributed by atoms with Crippen LogP contribution in [0.25, 0.3) is 0 Å². The van der Waals surface area contributed by atoms with Crippen molar-refractivity contribution in [2.45, 2.75) is 25.7 Å². The Morgan fingerprint density at radius 2 is 1.74 bits per heavy atom. The van der Waals surface area contributed by atoms with Crippen molar-refractivity contribution in [3.05, 3.63) is 29.9 Å². The molecule has 1 fully saturated rings. The molecule has 2 rings (SSSR count). The fraction of sp³-hybridized carbons (Fsp3) is 0.429. The van der Waals surface area contributed by atoms with E-state index in [9.17, 15) is 4.79 Å². The molecule has 1 aliphatic rings. The second-order valence-electron chi connectivity index (χ2n) is 4.27. The molecular formula is C14H17O5. The normalized spacial score (nSPS) is 15.3. The molecule has 0 unspecified atom stereocenters. The van der Waals surface area contributed by atoms with Gasteiger partial charge in [0.25, 0.3) is 0 Å². The third kappa shape index (κ3) is 3.38. The Labute approximate surface area is 112 Å². The molecule has 5 nitrogen and oxygen atoms in total. The summed E-state index contributed by atoms with van der Waals surface area (Å²) in [6.07, 6.45) is 4.72. The third-order valence-electron chi connectivity index (χ3n) is 3.02. The van der Waals surface area contributed by atoms with Gasteiger partial charge in [0.1, 0.15) is 6.10 Å². The lowest BCUT2D eigenvalue weighted by molar-refractivity contribution is -0.234. The van der Waals surface area contributed by atoms with Crippen LogP contribution in [0.4, 0.5) is 0 Å². The Kier molecular flexibility index (Phi) is 4.63. The van der Waals surface area contributed by atoms with Gasteiger partial charge in [-0.25, -0.2) is 4.79 Å².